The summed E-state index contributed by atoms with van der Waals surface area (Å²) in [6, 6.07) is -0.130. The maximum Gasteiger partial charge on any atom is 0.317 e. The van der Waals surface area contributed by atoms with Crippen LogP contribution in [0.1, 0.15) is 73.6 Å². The number of nitrogens with one attached hydrogen (secondary N) is 2. The van der Waals surface area contributed by atoms with E-state index in [4.69, 9.17) is 30.5 Å². The summed E-state index contributed by atoms with van der Waals surface area (Å²) in [5, 5.41) is 17.1. The van der Waals surface area contributed by atoms with Crippen LogP contribution in [0.5, 0.6) is 0 Å². The summed E-state index contributed by atoms with van der Waals surface area (Å²) < 4.78 is 24.4. The molecule has 2 heterocycles. The molecule has 1 amide bonds. The third kappa shape index (κ3) is 11.3. The van der Waals surface area contributed by atoms with Gasteiger partial charge in [0, 0.05) is 37.5 Å². The molecule has 12 heteroatoms. The summed E-state index contributed by atoms with van der Waals surface area (Å²) in [6.45, 7) is 12.6. The highest BCUT2D eigenvalue weighted by Crippen LogP contribution is 2.29. The predicted molar refractivity (Wildman–Crippen MR) is 160 cm³/mol. The number of cyclic esters (lactones) is 1. The number of carbonyl (C=O) groups is 3. The van der Waals surface area contributed by atoms with Gasteiger partial charge in [-0.25, -0.2) is 0 Å². The molecule has 11 atom stereocenters. The van der Waals surface area contributed by atoms with Gasteiger partial charge in [0.1, 0.15) is 11.7 Å². The third-order valence-corrected chi connectivity index (χ3v) is 8.81. The Morgan fingerprint density at radius 1 is 1.07 bits per heavy atom. The molecule has 0 aromatic carbocycles. The van der Waals surface area contributed by atoms with Gasteiger partial charge in [-0.15, -0.1) is 0 Å². The van der Waals surface area contributed by atoms with Crippen molar-refractivity contribution >= 4 is 29.3 Å². The van der Waals surface area contributed by atoms with Gasteiger partial charge in [0.25, 0.3) is 0 Å². The molecule has 0 spiro atoms. The minimum Gasteiger partial charge on any atom is -0.445 e. The second-order valence-corrected chi connectivity index (χ2v) is 12.7. The lowest BCUT2D eigenvalue weighted by molar-refractivity contribution is -0.240. The Bertz CT molecular complexity index is 864. The smallest absolute Gasteiger partial charge is 0.317 e. The molecule has 3 N–H and O–H groups in total. The zero-order valence-corrected chi connectivity index (χ0v) is 27.4. The van der Waals surface area contributed by atoms with E-state index in [1.807, 2.05) is 34.9 Å². The molecule has 2 aliphatic heterocycles. The topological polar surface area (TPSA) is 136 Å². The van der Waals surface area contributed by atoms with Crippen LogP contribution in [0.15, 0.2) is 0 Å². The molecule has 0 saturated carbocycles. The van der Waals surface area contributed by atoms with Crippen LogP contribution in [0.25, 0.3) is 0 Å². The molecular weight excluding hydrogens is 566 g/mol. The molecule has 2 fully saturated rings. The lowest BCUT2D eigenvalue weighted by Gasteiger charge is -2.40. The van der Waals surface area contributed by atoms with E-state index in [-0.39, 0.29) is 36.3 Å². The van der Waals surface area contributed by atoms with E-state index in [0.717, 1.165) is 25.9 Å². The van der Waals surface area contributed by atoms with Crippen LogP contribution in [0.2, 0.25) is 0 Å². The molecule has 0 aromatic heterocycles. The van der Waals surface area contributed by atoms with E-state index >= 15 is 0 Å². The van der Waals surface area contributed by atoms with Crippen molar-refractivity contribution in [2.75, 3.05) is 33.8 Å². The van der Waals surface area contributed by atoms with E-state index in [0.29, 0.717) is 19.4 Å². The monoisotopic (exact) mass is 619 g/mol. The summed E-state index contributed by atoms with van der Waals surface area (Å²) in [6.07, 6.45) is -0.687. The summed E-state index contributed by atoms with van der Waals surface area (Å²) in [5.41, 5.74) is -1.22. The fourth-order valence-electron chi connectivity index (χ4n) is 5.35. The van der Waals surface area contributed by atoms with Crippen LogP contribution in [-0.4, -0.2) is 110 Å². The number of aliphatic hydroxyl groups excluding tert-OH is 1. The number of ether oxygens (including phenoxy) is 4. The summed E-state index contributed by atoms with van der Waals surface area (Å²) in [7, 11) is 4.04. The zero-order valence-electron chi connectivity index (χ0n) is 26.6. The van der Waals surface area contributed by atoms with Gasteiger partial charge < -0.3 is 39.6 Å². The average Bonchev–Trinajstić information content (AvgIpc) is 2.93. The largest absolute Gasteiger partial charge is 0.445 e. The number of rotatable bonds is 9. The summed E-state index contributed by atoms with van der Waals surface area (Å²) >= 11 is 6.32. The van der Waals surface area contributed by atoms with E-state index in [1.54, 1.807) is 13.8 Å². The number of Topliss-reactive ketones (excluding diaryl/α,β-unsaturated/α-hetero) is 1. The van der Waals surface area contributed by atoms with Crippen molar-refractivity contribution in [1.82, 2.24) is 15.5 Å². The lowest BCUT2D eigenvalue weighted by atomic mass is 9.92. The Labute approximate surface area is 256 Å². The van der Waals surface area contributed by atoms with Crippen molar-refractivity contribution in [2.24, 2.45) is 17.8 Å². The van der Waals surface area contributed by atoms with Gasteiger partial charge in [-0.1, -0.05) is 32.4 Å². The normalized spacial score (nSPS) is 38.0. The van der Waals surface area contributed by atoms with Crippen molar-refractivity contribution in [1.29, 1.82) is 0 Å². The first-order valence-electron chi connectivity index (χ1n) is 15.4. The number of halogens is 1. The molecule has 2 saturated heterocycles. The number of esters is 1. The minimum atomic E-state index is -1.22. The number of hydrogen-bond acceptors (Lipinski definition) is 10. The summed E-state index contributed by atoms with van der Waals surface area (Å²) in [5.74, 6) is -4.22. The van der Waals surface area contributed by atoms with Crippen molar-refractivity contribution in [3.05, 3.63) is 0 Å². The van der Waals surface area contributed by atoms with Gasteiger partial charge in [0.05, 0.1) is 30.3 Å². The molecule has 0 radical (unpaired) electrons. The first-order chi connectivity index (χ1) is 19.7. The van der Waals surface area contributed by atoms with Gasteiger partial charge in [-0.05, 0) is 67.2 Å². The van der Waals surface area contributed by atoms with E-state index < -0.39 is 53.9 Å². The SMILES string of the molecule is CCNCCCOC1C[C@@H](C)NC(=O)C(C)C(O)[C@@H](C)[C@@H](Cl)OC(=O)C(C)C(=O)C[C@H]1OC1CC(N(C)C)CC(C)O1. The molecule has 2 rings (SSSR count). The Hall–Kier alpha value is -1.34. The fourth-order valence-corrected chi connectivity index (χ4v) is 5.59. The molecule has 0 bridgehead atoms. The number of aliphatic hydroxyl groups is 1. The van der Waals surface area contributed by atoms with Gasteiger partial charge in [0.2, 0.25) is 5.91 Å². The summed E-state index contributed by atoms with van der Waals surface area (Å²) in [4.78, 5) is 41.7. The van der Waals surface area contributed by atoms with Crippen LogP contribution in [0.3, 0.4) is 0 Å². The van der Waals surface area contributed by atoms with E-state index in [2.05, 4.69) is 15.5 Å². The third-order valence-electron chi connectivity index (χ3n) is 8.32. The zero-order chi connectivity index (χ0) is 31.6. The van der Waals surface area contributed by atoms with Crippen LogP contribution in [-0.2, 0) is 33.3 Å². The van der Waals surface area contributed by atoms with Crippen molar-refractivity contribution in [2.45, 2.75) is 122 Å². The maximum atomic E-state index is 13.5. The molecular formula is C30H54ClN3O8. The number of hydrogen-bond donors (Lipinski definition) is 3. The second kappa shape index (κ2) is 17.8. The van der Waals surface area contributed by atoms with Crippen LogP contribution in [0, 0.1) is 17.8 Å². The number of nitrogens with zero attached hydrogens (tertiary/aromatic N) is 1. The Kier molecular flexibility index (Phi) is 15.6. The van der Waals surface area contributed by atoms with Crippen LogP contribution >= 0.6 is 11.6 Å². The van der Waals surface area contributed by atoms with Crippen LogP contribution < -0.4 is 10.6 Å². The molecule has 7 unspecified atom stereocenters. The predicted octanol–water partition coefficient (Wildman–Crippen LogP) is 2.46. The molecule has 0 aliphatic carbocycles. The van der Waals surface area contributed by atoms with E-state index in [1.165, 1.54) is 6.92 Å². The number of alkyl halides is 1. The number of ketones is 1. The second-order valence-electron chi connectivity index (χ2n) is 12.2. The average molecular weight is 620 g/mol. The molecule has 2 aliphatic rings. The highest BCUT2D eigenvalue weighted by Gasteiger charge is 2.39. The molecule has 42 heavy (non-hydrogen) atoms. The first kappa shape index (κ1) is 36.8. The number of carbonyl (C=O) groups excluding carboxylic acids is 3. The van der Waals surface area contributed by atoms with Crippen molar-refractivity contribution in [3.8, 4) is 0 Å². The van der Waals surface area contributed by atoms with Gasteiger partial charge >= 0.3 is 5.97 Å². The van der Waals surface area contributed by atoms with Crippen molar-refractivity contribution < 1.29 is 38.4 Å². The fraction of sp³-hybridized carbons (Fsp3) is 0.900. The lowest BCUT2D eigenvalue weighted by Crippen LogP contribution is -2.48. The maximum absolute atomic E-state index is 13.5. The Balaban J connectivity index is 2.40. The van der Waals surface area contributed by atoms with Gasteiger partial charge in [-0.2, -0.15) is 0 Å². The van der Waals surface area contributed by atoms with Gasteiger partial charge in [0.15, 0.2) is 11.9 Å². The Morgan fingerprint density at radius 3 is 2.40 bits per heavy atom. The van der Waals surface area contributed by atoms with Gasteiger partial charge in [-0.3, -0.25) is 14.4 Å². The van der Waals surface area contributed by atoms with Crippen molar-refractivity contribution in [3.63, 3.8) is 0 Å². The standard InChI is InChI=1S/C30H54ClN3O8/c1-9-32-11-10-12-39-24-13-17(2)33-29(37)21(6)27(36)20(5)28(31)42-30(38)19(4)23(35)16-25(24)41-26-15-22(34(7)8)14-18(3)40-26/h17-22,24-28,32,36H,9-16H2,1-8H3,(H,33,37)/t17-,18?,19?,20-,21?,22?,24?,25-,26?,27?,28+/m1/s1. The van der Waals surface area contributed by atoms with E-state index in [9.17, 15) is 19.5 Å². The molecule has 244 valence electrons. The highest BCUT2D eigenvalue weighted by molar-refractivity contribution is 6.20. The minimum absolute atomic E-state index is 0.0451. The Morgan fingerprint density at radius 2 is 1.76 bits per heavy atom. The quantitative estimate of drug-likeness (QED) is 0.153. The number of amides is 1. The molecule has 11 nitrogen and oxygen atoms in total. The highest BCUT2D eigenvalue weighted by atomic mass is 35.5. The van der Waals surface area contributed by atoms with Crippen LogP contribution in [0.4, 0.5) is 0 Å². The first-order valence-corrected chi connectivity index (χ1v) is 15.8. The molecule has 0 aromatic rings.